The molecule has 1 saturated heterocycles. The molecule has 2 aromatic carbocycles. The summed E-state index contributed by atoms with van der Waals surface area (Å²) in [6.07, 6.45) is 1.99. The summed E-state index contributed by atoms with van der Waals surface area (Å²) >= 11 is 3.52. The number of hydrogen-bond acceptors (Lipinski definition) is 7. The Kier molecular flexibility index (Phi) is 5.62. The number of benzene rings is 2. The number of hydrogen-bond donors (Lipinski definition) is 3. The lowest BCUT2D eigenvalue weighted by Gasteiger charge is -2.41. The van der Waals surface area contributed by atoms with Crippen LogP contribution in [0.3, 0.4) is 0 Å². The molecule has 1 saturated carbocycles. The molecule has 35 heavy (non-hydrogen) atoms. The second-order valence-electron chi connectivity index (χ2n) is 9.47. The number of aromatic nitrogens is 1. The third-order valence-electron chi connectivity index (χ3n) is 7.73. The number of fused-ring (bicyclic) bond motifs is 3. The molecule has 3 N–H and O–H groups in total. The Morgan fingerprint density at radius 1 is 1.11 bits per heavy atom. The highest BCUT2D eigenvalue weighted by molar-refractivity contribution is 9.10. The van der Waals surface area contributed by atoms with E-state index in [2.05, 4.69) is 26.2 Å². The maximum Gasteiger partial charge on any atom is 0.177 e. The molecule has 1 aliphatic carbocycles. The van der Waals surface area contributed by atoms with Crippen molar-refractivity contribution in [3.05, 3.63) is 88.2 Å². The maximum absolute atomic E-state index is 12.7. The minimum Gasteiger partial charge on any atom is -0.495 e. The zero-order valence-corrected chi connectivity index (χ0v) is 20.8. The summed E-state index contributed by atoms with van der Waals surface area (Å²) in [7, 11) is 1.53. The first-order valence-electron chi connectivity index (χ1n) is 11.7. The number of rotatable bonds is 6. The van der Waals surface area contributed by atoms with Gasteiger partial charge in [-0.15, -0.1) is 0 Å². The minimum atomic E-state index is -1.78. The normalized spacial score (nSPS) is 31.4. The number of halogens is 1. The number of pyridine rings is 1. The Hall–Kier alpha value is -2.49. The first kappa shape index (κ1) is 22.9. The molecule has 2 fully saturated rings. The van der Waals surface area contributed by atoms with Gasteiger partial charge in [-0.25, -0.2) is 0 Å². The third kappa shape index (κ3) is 3.21. The fourth-order valence-corrected chi connectivity index (χ4v) is 6.38. The Morgan fingerprint density at radius 2 is 1.86 bits per heavy atom. The lowest BCUT2D eigenvalue weighted by Crippen LogP contribution is -2.52. The summed E-state index contributed by atoms with van der Waals surface area (Å²) in [6.45, 7) is 1.76. The van der Waals surface area contributed by atoms with E-state index in [-0.39, 0.29) is 17.9 Å². The van der Waals surface area contributed by atoms with E-state index in [0.717, 1.165) is 15.6 Å². The van der Waals surface area contributed by atoms with Crippen LogP contribution in [0.5, 0.6) is 11.5 Å². The summed E-state index contributed by atoms with van der Waals surface area (Å²) in [6, 6.07) is 17.9. The fourth-order valence-electron chi connectivity index (χ4n) is 6.11. The Labute approximate surface area is 212 Å². The summed E-state index contributed by atoms with van der Waals surface area (Å²) in [4.78, 5) is 4.27. The lowest BCUT2D eigenvalue weighted by atomic mass is 9.70. The van der Waals surface area contributed by atoms with Crippen molar-refractivity contribution < 1.29 is 24.4 Å². The molecule has 6 rings (SSSR count). The zero-order valence-electron chi connectivity index (χ0n) is 19.2. The number of aliphatic hydroxyl groups is 2. The number of ether oxygens (including phenoxy) is 3. The largest absolute Gasteiger partial charge is 0.495 e. The molecule has 0 spiro atoms. The molecule has 1 aromatic heterocycles. The van der Waals surface area contributed by atoms with Gasteiger partial charge >= 0.3 is 0 Å². The van der Waals surface area contributed by atoms with Gasteiger partial charge in [0.1, 0.15) is 11.5 Å². The van der Waals surface area contributed by atoms with E-state index in [9.17, 15) is 10.2 Å². The number of nitrogens with zero attached hydrogens (tertiary/aromatic N) is 1. The Morgan fingerprint density at radius 3 is 2.51 bits per heavy atom. The van der Waals surface area contributed by atoms with Crippen LogP contribution in [-0.2, 0) is 15.9 Å². The van der Waals surface area contributed by atoms with Gasteiger partial charge in [-0.1, -0.05) is 58.4 Å². The molecule has 5 unspecified atom stereocenters. The van der Waals surface area contributed by atoms with E-state index < -0.39 is 17.3 Å². The van der Waals surface area contributed by atoms with Crippen LogP contribution in [0.2, 0.25) is 0 Å². The second kappa shape index (κ2) is 8.57. The molecular weight excluding hydrogens is 512 g/mol. The Bertz CT molecular complexity index is 1220. The number of aliphatic hydroxyl groups excluding tert-OH is 1. The van der Waals surface area contributed by atoms with E-state index >= 15 is 0 Å². The smallest absolute Gasteiger partial charge is 0.177 e. The van der Waals surface area contributed by atoms with Gasteiger partial charge < -0.3 is 29.7 Å². The van der Waals surface area contributed by atoms with E-state index in [1.54, 1.807) is 12.4 Å². The molecule has 0 bridgehead atoms. The van der Waals surface area contributed by atoms with Crippen LogP contribution in [0, 0.1) is 5.92 Å². The van der Waals surface area contributed by atoms with Gasteiger partial charge in [0.05, 0.1) is 50.4 Å². The topological polar surface area (TPSA) is 93.1 Å². The molecule has 8 heteroatoms. The van der Waals surface area contributed by atoms with E-state index in [4.69, 9.17) is 14.2 Å². The monoisotopic (exact) mass is 538 g/mol. The van der Waals surface area contributed by atoms with Crippen molar-refractivity contribution in [1.82, 2.24) is 10.3 Å². The van der Waals surface area contributed by atoms with Crippen molar-refractivity contribution >= 4 is 15.9 Å². The quantitative estimate of drug-likeness (QED) is 0.444. The lowest BCUT2D eigenvalue weighted by molar-refractivity contribution is -0.152. The summed E-state index contributed by atoms with van der Waals surface area (Å²) in [5.41, 5.74) is -0.922. The van der Waals surface area contributed by atoms with Crippen LogP contribution < -0.4 is 14.8 Å². The van der Waals surface area contributed by atoms with Gasteiger partial charge in [-0.2, -0.15) is 0 Å². The van der Waals surface area contributed by atoms with Gasteiger partial charge in [-0.05, 0) is 23.3 Å². The van der Waals surface area contributed by atoms with E-state index in [1.807, 2.05) is 54.6 Å². The summed E-state index contributed by atoms with van der Waals surface area (Å²) < 4.78 is 18.7. The standard InChI is InChI=1S/C27H27BrN2O5/c1-33-21-12-29-13-22-24(21)26(32)25(31)20(11-30-19-14-34-15-19)23(16-5-3-2-4-6-16)27(26,35-22)17-7-9-18(28)10-8-17/h2-10,12-13,19-20,23,25,30-32H,11,14-15H2,1H3. The highest BCUT2D eigenvalue weighted by atomic mass is 79.9. The van der Waals surface area contributed by atoms with Gasteiger partial charge in [0.25, 0.3) is 0 Å². The molecule has 2 aliphatic heterocycles. The highest BCUT2D eigenvalue weighted by Crippen LogP contribution is 2.69. The maximum atomic E-state index is 12.7. The second-order valence-corrected chi connectivity index (χ2v) is 10.4. The Balaban J connectivity index is 1.60. The summed E-state index contributed by atoms with van der Waals surface area (Å²) in [5, 5.41) is 28.3. The SMILES string of the molecule is COc1cncc2c1C1(O)C(O)C(CNC3COC3)C(c3ccccc3)C1(c1ccc(Br)cc1)O2. The van der Waals surface area contributed by atoms with Gasteiger partial charge in [0.15, 0.2) is 11.2 Å². The highest BCUT2D eigenvalue weighted by Gasteiger charge is 2.76. The average molecular weight is 539 g/mol. The first-order chi connectivity index (χ1) is 17.0. The molecule has 182 valence electrons. The van der Waals surface area contributed by atoms with Crippen molar-refractivity contribution in [3.8, 4) is 11.5 Å². The predicted molar refractivity (Wildman–Crippen MR) is 132 cm³/mol. The minimum absolute atomic E-state index is 0.226. The summed E-state index contributed by atoms with van der Waals surface area (Å²) in [5.74, 6) is 0.0533. The van der Waals surface area contributed by atoms with Crippen LogP contribution in [-0.4, -0.2) is 54.2 Å². The molecular formula is C27H27BrN2O5. The molecule has 5 atom stereocenters. The molecule has 3 heterocycles. The fraction of sp³-hybridized carbons (Fsp3) is 0.370. The van der Waals surface area contributed by atoms with Crippen molar-refractivity contribution in [2.45, 2.75) is 29.3 Å². The van der Waals surface area contributed by atoms with Crippen LogP contribution in [0.1, 0.15) is 22.6 Å². The average Bonchev–Trinajstić information content (AvgIpc) is 3.22. The van der Waals surface area contributed by atoms with Crippen molar-refractivity contribution in [3.63, 3.8) is 0 Å². The van der Waals surface area contributed by atoms with Crippen molar-refractivity contribution in [2.75, 3.05) is 26.9 Å². The van der Waals surface area contributed by atoms with Gasteiger partial charge in [0, 0.05) is 22.9 Å². The molecule has 3 aliphatic rings. The van der Waals surface area contributed by atoms with Crippen LogP contribution in [0.4, 0.5) is 0 Å². The van der Waals surface area contributed by atoms with E-state index in [0.29, 0.717) is 36.8 Å². The third-order valence-corrected chi connectivity index (χ3v) is 8.26. The van der Waals surface area contributed by atoms with Crippen molar-refractivity contribution in [1.29, 1.82) is 0 Å². The van der Waals surface area contributed by atoms with Gasteiger partial charge in [0.2, 0.25) is 0 Å². The number of nitrogens with one attached hydrogen (secondary N) is 1. The van der Waals surface area contributed by atoms with Gasteiger partial charge in [-0.3, -0.25) is 4.98 Å². The molecule has 0 radical (unpaired) electrons. The van der Waals surface area contributed by atoms with Crippen LogP contribution in [0.25, 0.3) is 0 Å². The zero-order chi connectivity index (χ0) is 24.2. The molecule has 0 amide bonds. The molecule has 3 aromatic rings. The first-order valence-corrected chi connectivity index (χ1v) is 12.5. The van der Waals surface area contributed by atoms with Crippen molar-refractivity contribution in [2.24, 2.45) is 5.92 Å². The van der Waals surface area contributed by atoms with Crippen LogP contribution >= 0.6 is 15.9 Å². The molecule has 7 nitrogen and oxygen atoms in total. The van der Waals surface area contributed by atoms with E-state index in [1.165, 1.54) is 7.11 Å². The number of methoxy groups -OCH3 is 1. The predicted octanol–water partition coefficient (Wildman–Crippen LogP) is 3.09. The van der Waals surface area contributed by atoms with Crippen LogP contribution in [0.15, 0.2) is 71.5 Å².